The van der Waals surface area contributed by atoms with Crippen molar-refractivity contribution in [3.8, 4) is 0 Å². The molecule has 114 valence electrons. The fourth-order valence-corrected chi connectivity index (χ4v) is 1.56. The molecule has 0 bridgehead atoms. The molecule has 0 radical (unpaired) electrons. The molecule has 0 aliphatic carbocycles. The van der Waals surface area contributed by atoms with Crippen molar-refractivity contribution in [3.05, 3.63) is 51.4 Å². The molecule has 21 heavy (non-hydrogen) atoms. The Kier molecular flexibility index (Phi) is 6.61. The number of nitrogens with one attached hydrogen (secondary N) is 2. The fraction of sp³-hybridized carbons (Fsp3) is 0.308. The van der Waals surface area contributed by atoms with Gasteiger partial charge in [-0.2, -0.15) is 5.10 Å². The van der Waals surface area contributed by atoms with Crippen LogP contribution in [0.1, 0.15) is 19.4 Å². The molecule has 2 N–H and O–H groups in total. The number of aromatic amines is 1. The number of H-pyrrole nitrogens is 1. The van der Waals surface area contributed by atoms with E-state index in [1.54, 1.807) is 6.07 Å². The second-order valence-corrected chi connectivity index (χ2v) is 4.22. The van der Waals surface area contributed by atoms with E-state index in [0.29, 0.717) is 5.56 Å². The molecule has 0 atom stereocenters. The predicted molar refractivity (Wildman–Crippen MR) is 77.5 cm³/mol. The highest BCUT2D eigenvalue weighted by atomic mass is 35.5. The largest absolute Gasteiger partial charge is 0.350 e. The van der Waals surface area contributed by atoms with Crippen LogP contribution in [-0.4, -0.2) is 20.7 Å². The number of halogens is 2. The normalized spacial score (nSPS) is 9.71. The molecule has 1 amide bonds. The van der Waals surface area contributed by atoms with Crippen LogP contribution in [0.3, 0.4) is 0 Å². The van der Waals surface area contributed by atoms with Crippen LogP contribution in [0.15, 0.2) is 29.3 Å². The Hall–Kier alpha value is -2.15. The molecule has 2 aromatic rings. The lowest BCUT2D eigenvalue weighted by Gasteiger charge is -2.05. The van der Waals surface area contributed by atoms with Crippen LogP contribution in [0, 0.1) is 5.82 Å². The molecule has 0 fully saturated rings. The SMILES string of the molecule is CC.O=C(Cn1cn[nH]c1=O)NCc1ccc(Cl)c(F)c1. The molecular weight excluding hydrogens is 299 g/mol. The molecule has 0 saturated heterocycles. The summed E-state index contributed by atoms with van der Waals surface area (Å²) in [5, 5.41) is 8.26. The van der Waals surface area contributed by atoms with Gasteiger partial charge in [-0.1, -0.05) is 31.5 Å². The van der Waals surface area contributed by atoms with Crippen molar-refractivity contribution in [3.63, 3.8) is 0 Å². The van der Waals surface area contributed by atoms with E-state index in [0.717, 1.165) is 4.57 Å². The molecule has 2 rings (SSSR count). The van der Waals surface area contributed by atoms with Gasteiger partial charge in [0.1, 0.15) is 18.7 Å². The summed E-state index contributed by atoms with van der Waals surface area (Å²) < 4.78 is 14.3. The van der Waals surface area contributed by atoms with Crippen LogP contribution in [0.4, 0.5) is 4.39 Å². The molecule has 1 aromatic carbocycles. The lowest BCUT2D eigenvalue weighted by molar-refractivity contribution is -0.121. The summed E-state index contributed by atoms with van der Waals surface area (Å²) in [6, 6.07) is 4.27. The zero-order valence-corrected chi connectivity index (χ0v) is 12.4. The number of benzene rings is 1. The van der Waals surface area contributed by atoms with Crippen molar-refractivity contribution in [1.29, 1.82) is 0 Å². The van der Waals surface area contributed by atoms with Crippen LogP contribution in [0.25, 0.3) is 0 Å². The zero-order chi connectivity index (χ0) is 15.8. The number of hydrogen-bond acceptors (Lipinski definition) is 3. The van der Waals surface area contributed by atoms with Gasteiger partial charge in [-0.05, 0) is 17.7 Å². The van der Waals surface area contributed by atoms with Crippen molar-refractivity contribution in [2.45, 2.75) is 26.9 Å². The Balaban J connectivity index is 0.00000106. The number of carbonyl (C=O) groups excluding carboxylic acids is 1. The highest BCUT2D eigenvalue weighted by Crippen LogP contribution is 2.15. The van der Waals surface area contributed by atoms with Crippen LogP contribution >= 0.6 is 11.6 Å². The summed E-state index contributed by atoms with van der Waals surface area (Å²) in [4.78, 5) is 22.7. The van der Waals surface area contributed by atoms with Gasteiger partial charge in [-0.15, -0.1) is 0 Å². The molecule has 0 saturated carbocycles. The Morgan fingerprint density at radius 2 is 2.19 bits per heavy atom. The second-order valence-electron chi connectivity index (χ2n) is 3.81. The van der Waals surface area contributed by atoms with E-state index in [1.165, 1.54) is 18.5 Å². The minimum atomic E-state index is -0.542. The van der Waals surface area contributed by atoms with Crippen molar-refractivity contribution in [1.82, 2.24) is 20.1 Å². The molecule has 0 spiro atoms. The third kappa shape index (κ3) is 5.03. The maximum atomic E-state index is 13.2. The lowest BCUT2D eigenvalue weighted by Crippen LogP contribution is -2.30. The fourth-order valence-electron chi connectivity index (χ4n) is 1.44. The quantitative estimate of drug-likeness (QED) is 0.901. The standard InChI is InChI=1S/C11H10ClFN4O2.C2H6/c12-8-2-1-7(3-9(8)13)4-14-10(18)5-17-6-15-16-11(17)19;1-2/h1-3,6H,4-5H2,(H,14,18)(H,16,19);1-2H3. The molecule has 1 heterocycles. The number of rotatable bonds is 4. The number of nitrogens with zero attached hydrogens (tertiary/aromatic N) is 2. The van der Waals surface area contributed by atoms with Gasteiger partial charge in [0, 0.05) is 6.54 Å². The summed E-state index contributed by atoms with van der Waals surface area (Å²) in [6.45, 7) is 4.00. The number of amides is 1. The van der Waals surface area contributed by atoms with Gasteiger partial charge in [-0.25, -0.2) is 14.3 Å². The summed E-state index contributed by atoms with van der Waals surface area (Å²) in [7, 11) is 0. The van der Waals surface area contributed by atoms with Crippen LogP contribution in [-0.2, 0) is 17.9 Å². The third-order valence-electron chi connectivity index (χ3n) is 2.41. The molecular formula is C13H16ClFN4O2. The van der Waals surface area contributed by atoms with E-state index in [9.17, 15) is 14.0 Å². The summed E-state index contributed by atoms with van der Waals surface area (Å²) in [5.41, 5.74) is 0.113. The van der Waals surface area contributed by atoms with Crippen molar-refractivity contribution >= 4 is 17.5 Å². The molecule has 0 unspecified atom stereocenters. The van der Waals surface area contributed by atoms with Gasteiger partial charge in [0.25, 0.3) is 0 Å². The first-order chi connectivity index (χ1) is 10.1. The van der Waals surface area contributed by atoms with E-state index in [2.05, 4.69) is 15.5 Å². The number of aromatic nitrogens is 3. The topological polar surface area (TPSA) is 79.8 Å². The van der Waals surface area contributed by atoms with Gasteiger partial charge >= 0.3 is 5.69 Å². The Morgan fingerprint density at radius 3 is 2.76 bits per heavy atom. The third-order valence-corrected chi connectivity index (χ3v) is 2.71. The van der Waals surface area contributed by atoms with Gasteiger partial charge in [0.2, 0.25) is 5.91 Å². The van der Waals surface area contributed by atoms with Crippen molar-refractivity contribution in [2.75, 3.05) is 0 Å². The van der Waals surface area contributed by atoms with Crippen LogP contribution in [0.2, 0.25) is 5.02 Å². The Morgan fingerprint density at radius 1 is 1.48 bits per heavy atom. The first-order valence-electron chi connectivity index (χ1n) is 6.36. The Labute approximate surface area is 125 Å². The minimum absolute atomic E-state index is 0.0278. The first-order valence-corrected chi connectivity index (χ1v) is 6.74. The summed E-state index contributed by atoms with van der Waals surface area (Å²) in [6.07, 6.45) is 1.23. The van der Waals surface area contributed by atoms with E-state index in [-0.39, 0.29) is 24.0 Å². The summed E-state index contributed by atoms with van der Waals surface area (Å²) >= 11 is 5.54. The molecule has 6 nitrogen and oxygen atoms in total. The smallest absolute Gasteiger partial charge is 0.343 e. The van der Waals surface area contributed by atoms with Crippen LogP contribution < -0.4 is 11.0 Å². The van der Waals surface area contributed by atoms with Crippen molar-refractivity contribution in [2.24, 2.45) is 0 Å². The first kappa shape index (κ1) is 16.9. The van der Waals surface area contributed by atoms with E-state index in [4.69, 9.17) is 11.6 Å². The maximum absolute atomic E-state index is 13.2. The monoisotopic (exact) mass is 314 g/mol. The molecule has 0 aliphatic rings. The molecule has 8 heteroatoms. The van der Waals surface area contributed by atoms with E-state index in [1.807, 2.05) is 13.8 Å². The van der Waals surface area contributed by atoms with Gasteiger partial charge in [0.15, 0.2) is 0 Å². The number of carbonyl (C=O) groups is 1. The highest BCUT2D eigenvalue weighted by molar-refractivity contribution is 6.30. The maximum Gasteiger partial charge on any atom is 0.343 e. The molecule has 1 aromatic heterocycles. The van der Waals surface area contributed by atoms with E-state index >= 15 is 0 Å². The van der Waals surface area contributed by atoms with Gasteiger partial charge in [0.05, 0.1) is 5.02 Å². The number of hydrogen-bond donors (Lipinski definition) is 2. The average Bonchev–Trinajstić information content (AvgIpc) is 2.88. The summed E-state index contributed by atoms with van der Waals surface area (Å²) in [5.74, 6) is -0.918. The minimum Gasteiger partial charge on any atom is -0.350 e. The van der Waals surface area contributed by atoms with Crippen LogP contribution in [0.5, 0.6) is 0 Å². The Bertz CT molecular complexity index is 654. The lowest BCUT2D eigenvalue weighted by atomic mass is 10.2. The van der Waals surface area contributed by atoms with Crippen molar-refractivity contribution < 1.29 is 9.18 Å². The predicted octanol–water partition coefficient (Wildman–Crippen LogP) is 1.71. The zero-order valence-electron chi connectivity index (χ0n) is 11.7. The molecule has 0 aliphatic heterocycles. The van der Waals surface area contributed by atoms with Gasteiger partial charge in [-0.3, -0.25) is 9.36 Å². The average molecular weight is 315 g/mol. The highest BCUT2D eigenvalue weighted by Gasteiger charge is 2.06. The van der Waals surface area contributed by atoms with Gasteiger partial charge < -0.3 is 5.32 Å². The second kappa shape index (κ2) is 8.21. The van der Waals surface area contributed by atoms with E-state index < -0.39 is 11.5 Å².